The Morgan fingerprint density at radius 1 is 1.28 bits per heavy atom. The molecule has 2 unspecified atom stereocenters. The number of nitrogens with one attached hydrogen (secondary N) is 1. The third kappa shape index (κ3) is 3.10. The van der Waals surface area contributed by atoms with Gasteiger partial charge in [0.25, 0.3) is 0 Å². The van der Waals surface area contributed by atoms with Gasteiger partial charge in [0.05, 0.1) is 5.92 Å². The molecule has 18 heavy (non-hydrogen) atoms. The largest absolute Gasteiger partial charge is 0.460 e. The van der Waals surface area contributed by atoms with Gasteiger partial charge < -0.3 is 10.1 Å². The van der Waals surface area contributed by atoms with Crippen LogP contribution >= 0.6 is 0 Å². The van der Waals surface area contributed by atoms with Crippen LogP contribution in [0.1, 0.15) is 38.8 Å². The topological polar surface area (TPSA) is 38.3 Å². The van der Waals surface area contributed by atoms with Crippen molar-refractivity contribution in [1.29, 1.82) is 0 Å². The highest BCUT2D eigenvalue weighted by molar-refractivity contribution is 5.74. The van der Waals surface area contributed by atoms with Crippen LogP contribution in [0, 0.1) is 5.92 Å². The minimum atomic E-state index is -0.416. The summed E-state index contributed by atoms with van der Waals surface area (Å²) in [4.78, 5) is 12.2. The van der Waals surface area contributed by atoms with E-state index >= 15 is 0 Å². The van der Waals surface area contributed by atoms with Crippen molar-refractivity contribution >= 4 is 5.97 Å². The van der Waals surface area contributed by atoms with Gasteiger partial charge in [0, 0.05) is 6.04 Å². The monoisotopic (exact) mass is 247 g/mol. The van der Waals surface area contributed by atoms with Crippen molar-refractivity contribution in [3.05, 3.63) is 35.9 Å². The van der Waals surface area contributed by atoms with Crippen LogP contribution in [-0.4, -0.2) is 18.1 Å². The van der Waals surface area contributed by atoms with Crippen molar-refractivity contribution in [3.8, 4) is 0 Å². The normalized spacial score (nSPS) is 23.9. The molecule has 1 saturated heterocycles. The summed E-state index contributed by atoms with van der Waals surface area (Å²) in [5.41, 5.74) is 0.742. The minimum absolute atomic E-state index is 0.0772. The van der Waals surface area contributed by atoms with Crippen molar-refractivity contribution in [2.45, 2.75) is 38.8 Å². The van der Waals surface area contributed by atoms with Gasteiger partial charge in [-0.25, -0.2) is 0 Å². The number of hydrogen-bond acceptors (Lipinski definition) is 3. The zero-order chi connectivity index (χ0) is 13.2. The Hall–Kier alpha value is -1.35. The predicted molar refractivity (Wildman–Crippen MR) is 71.1 cm³/mol. The maximum Gasteiger partial charge on any atom is 0.311 e. The third-order valence-electron chi connectivity index (χ3n) is 3.09. The minimum Gasteiger partial charge on any atom is -0.460 e. The first-order valence-electron chi connectivity index (χ1n) is 6.48. The van der Waals surface area contributed by atoms with Crippen LogP contribution in [0.2, 0.25) is 0 Å². The highest BCUT2D eigenvalue weighted by atomic mass is 16.6. The van der Waals surface area contributed by atoms with E-state index < -0.39 is 5.60 Å². The van der Waals surface area contributed by atoms with Crippen molar-refractivity contribution in [3.63, 3.8) is 0 Å². The molecule has 1 aliphatic heterocycles. The quantitative estimate of drug-likeness (QED) is 0.817. The van der Waals surface area contributed by atoms with E-state index in [-0.39, 0.29) is 17.9 Å². The van der Waals surface area contributed by atoms with Gasteiger partial charge in [-0.3, -0.25) is 4.79 Å². The molecule has 1 aromatic rings. The molecule has 98 valence electrons. The van der Waals surface area contributed by atoms with Gasteiger partial charge in [-0.2, -0.15) is 0 Å². The molecule has 0 amide bonds. The summed E-state index contributed by atoms with van der Waals surface area (Å²) in [7, 11) is 0. The first kappa shape index (κ1) is 13.1. The fourth-order valence-electron chi connectivity index (χ4n) is 2.35. The van der Waals surface area contributed by atoms with Crippen LogP contribution in [0.15, 0.2) is 30.3 Å². The molecule has 3 nitrogen and oxygen atoms in total. The molecule has 0 aliphatic carbocycles. The van der Waals surface area contributed by atoms with E-state index in [2.05, 4.69) is 17.4 Å². The molecule has 0 aromatic heterocycles. The van der Waals surface area contributed by atoms with Gasteiger partial charge in [0.1, 0.15) is 5.60 Å². The Labute approximate surface area is 109 Å². The van der Waals surface area contributed by atoms with Crippen LogP contribution in [0.5, 0.6) is 0 Å². The number of esters is 1. The highest BCUT2D eigenvalue weighted by Gasteiger charge is 2.36. The number of benzene rings is 1. The zero-order valence-electron chi connectivity index (χ0n) is 11.3. The number of hydrogen-bond donors (Lipinski definition) is 1. The van der Waals surface area contributed by atoms with E-state index in [9.17, 15) is 4.79 Å². The molecule has 1 aromatic carbocycles. The molecule has 2 rings (SSSR count). The summed E-state index contributed by atoms with van der Waals surface area (Å²) in [6.07, 6.45) is 0.842. The van der Waals surface area contributed by atoms with Gasteiger partial charge in [0.2, 0.25) is 0 Å². The third-order valence-corrected chi connectivity index (χ3v) is 3.09. The summed E-state index contributed by atoms with van der Waals surface area (Å²) >= 11 is 0. The van der Waals surface area contributed by atoms with Gasteiger partial charge in [-0.15, -0.1) is 0 Å². The van der Waals surface area contributed by atoms with Crippen LogP contribution in [-0.2, 0) is 9.53 Å². The van der Waals surface area contributed by atoms with Crippen molar-refractivity contribution in [2.75, 3.05) is 6.54 Å². The molecule has 0 bridgehead atoms. The predicted octanol–water partition coefficient (Wildman–Crippen LogP) is 2.68. The Morgan fingerprint density at radius 2 is 1.94 bits per heavy atom. The fraction of sp³-hybridized carbons (Fsp3) is 0.533. The summed E-state index contributed by atoms with van der Waals surface area (Å²) in [6.45, 7) is 6.59. The summed E-state index contributed by atoms with van der Waals surface area (Å²) in [5, 5.41) is 3.39. The van der Waals surface area contributed by atoms with Crippen molar-refractivity contribution < 1.29 is 9.53 Å². The van der Waals surface area contributed by atoms with Crippen LogP contribution in [0.3, 0.4) is 0 Å². The maximum absolute atomic E-state index is 12.2. The molecular weight excluding hydrogens is 226 g/mol. The second kappa shape index (κ2) is 5.11. The Bertz CT molecular complexity index is 408. The maximum atomic E-state index is 12.2. The summed E-state index contributed by atoms with van der Waals surface area (Å²) in [6, 6.07) is 10.2. The lowest BCUT2D eigenvalue weighted by Crippen LogP contribution is -2.31. The second-order valence-electron chi connectivity index (χ2n) is 5.77. The smallest absolute Gasteiger partial charge is 0.311 e. The van der Waals surface area contributed by atoms with Crippen LogP contribution < -0.4 is 5.32 Å². The number of carbonyl (C=O) groups is 1. The van der Waals surface area contributed by atoms with E-state index in [4.69, 9.17) is 4.74 Å². The molecule has 2 atom stereocenters. The molecule has 0 radical (unpaired) electrons. The second-order valence-corrected chi connectivity index (χ2v) is 5.77. The average molecular weight is 247 g/mol. The standard InChI is InChI=1S/C15H21NO2/c1-15(2,3)18-14(17)12-9-10-16-13(12)11-7-5-4-6-8-11/h4-8,12-13,16H,9-10H2,1-3H3. The molecular formula is C15H21NO2. The first-order chi connectivity index (χ1) is 8.47. The molecule has 3 heteroatoms. The molecule has 1 N–H and O–H groups in total. The Balaban J connectivity index is 2.11. The highest BCUT2D eigenvalue weighted by Crippen LogP contribution is 2.31. The zero-order valence-corrected chi connectivity index (χ0v) is 11.3. The van der Waals surface area contributed by atoms with E-state index in [1.807, 2.05) is 39.0 Å². The lowest BCUT2D eigenvalue weighted by atomic mass is 9.94. The molecule has 0 spiro atoms. The lowest BCUT2D eigenvalue weighted by Gasteiger charge is -2.25. The lowest BCUT2D eigenvalue weighted by molar-refractivity contribution is -0.160. The SMILES string of the molecule is CC(C)(C)OC(=O)C1CCNC1c1ccccc1. The van der Waals surface area contributed by atoms with Gasteiger partial charge in [0.15, 0.2) is 0 Å². The van der Waals surface area contributed by atoms with Gasteiger partial charge >= 0.3 is 5.97 Å². The summed E-state index contributed by atoms with van der Waals surface area (Å²) in [5.74, 6) is -0.173. The van der Waals surface area contributed by atoms with E-state index in [1.165, 1.54) is 0 Å². The number of ether oxygens (including phenoxy) is 1. The number of rotatable bonds is 2. The molecule has 1 aliphatic rings. The van der Waals surface area contributed by atoms with Crippen LogP contribution in [0.25, 0.3) is 0 Å². The molecule has 1 heterocycles. The van der Waals surface area contributed by atoms with E-state index in [1.54, 1.807) is 0 Å². The first-order valence-corrected chi connectivity index (χ1v) is 6.48. The van der Waals surface area contributed by atoms with E-state index in [0.29, 0.717) is 0 Å². The van der Waals surface area contributed by atoms with Gasteiger partial charge in [-0.1, -0.05) is 30.3 Å². The van der Waals surface area contributed by atoms with Gasteiger partial charge in [-0.05, 0) is 39.3 Å². The Morgan fingerprint density at radius 3 is 2.56 bits per heavy atom. The Kier molecular flexibility index (Phi) is 3.71. The van der Waals surface area contributed by atoms with Crippen molar-refractivity contribution in [1.82, 2.24) is 5.32 Å². The fourth-order valence-corrected chi connectivity index (χ4v) is 2.35. The molecule has 0 saturated carbocycles. The average Bonchev–Trinajstić information content (AvgIpc) is 2.76. The van der Waals surface area contributed by atoms with E-state index in [0.717, 1.165) is 18.5 Å². The molecule has 1 fully saturated rings. The van der Waals surface area contributed by atoms with Crippen LogP contribution in [0.4, 0.5) is 0 Å². The van der Waals surface area contributed by atoms with Crippen molar-refractivity contribution in [2.24, 2.45) is 5.92 Å². The summed E-state index contributed by atoms with van der Waals surface area (Å²) < 4.78 is 5.49. The number of carbonyl (C=O) groups excluding carboxylic acids is 1.